The van der Waals surface area contributed by atoms with Crippen LogP contribution in [0.25, 0.3) is 10.8 Å². The molecule has 10 nitrogen and oxygen atoms in total. The van der Waals surface area contributed by atoms with Gasteiger partial charge in [0.15, 0.2) is 14.5 Å². The second-order valence-corrected chi connectivity index (χ2v) is 8.28. The zero-order chi connectivity index (χ0) is 25.4. The minimum Gasteiger partial charge on any atom is -0.482 e. The molecule has 2 amide bonds. The molecule has 11 heteroatoms. The number of hydrogen-bond acceptors (Lipinski definition) is 6. The van der Waals surface area contributed by atoms with E-state index in [1.54, 1.807) is 30.3 Å². The Morgan fingerprint density at radius 3 is 2.24 bits per heavy atom. The number of carboxylic acid groups (broad SMARTS) is 2. The molecular weight excluding hydrogens is 443 g/mol. The number of nitrogens with one attached hydrogen (secondary N) is 2. The summed E-state index contributed by atoms with van der Waals surface area (Å²) in [5, 5.41) is 24.6. The van der Waals surface area contributed by atoms with Gasteiger partial charge in [0.2, 0.25) is 5.91 Å². The van der Waals surface area contributed by atoms with Crippen molar-refractivity contribution in [3.63, 3.8) is 0 Å². The van der Waals surface area contributed by atoms with Crippen molar-refractivity contribution in [3.8, 4) is 5.75 Å². The fourth-order valence-electron chi connectivity index (χ4n) is 3.39. The first-order chi connectivity index (χ1) is 16.0. The highest BCUT2D eigenvalue weighted by atomic mass is 16.5. The average molecular weight is 470 g/mol. The van der Waals surface area contributed by atoms with Gasteiger partial charge in [-0.15, -0.1) is 0 Å². The molecule has 2 aromatic rings. The Morgan fingerprint density at radius 2 is 1.65 bits per heavy atom. The second-order valence-electron chi connectivity index (χ2n) is 8.28. The van der Waals surface area contributed by atoms with E-state index in [-0.39, 0.29) is 23.7 Å². The van der Waals surface area contributed by atoms with Crippen molar-refractivity contribution in [1.29, 1.82) is 0 Å². The van der Waals surface area contributed by atoms with Crippen LogP contribution in [0.2, 0.25) is 0 Å². The van der Waals surface area contributed by atoms with Crippen molar-refractivity contribution in [3.05, 3.63) is 42.0 Å². The predicted molar refractivity (Wildman–Crippen MR) is 126 cm³/mol. The number of fused-ring (bicyclic) bond motifs is 1. The summed E-state index contributed by atoms with van der Waals surface area (Å²) in [6.45, 7) is 3.11. The number of carbonyl (C=O) groups excluding carboxylic acids is 3. The number of carboxylic acids is 2. The van der Waals surface area contributed by atoms with E-state index in [4.69, 9.17) is 9.84 Å². The number of rotatable bonds is 12. The van der Waals surface area contributed by atoms with E-state index in [0.717, 1.165) is 5.39 Å². The highest BCUT2D eigenvalue weighted by molar-refractivity contribution is 6.59. The Morgan fingerprint density at radius 1 is 0.971 bits per heavy atom. The minimum atomic E-state index is -1.25. The molecule has 0 aliphatic heterocycles. The number of amides is 2. The van der Waals surface area contributed by atoms with Crippen LogP contribution >= 0.6 is 0 Å². The summed E-state index contributed by atoms with van der Waals surface area (Å²) in [5.41, 5.74) is -0.633. The fraction of sp³-hybridized carbons (Fsp3) is 0.348. The van der Waals surface area contributed by atoms with E-state index in [1.807, 2.05) is 13.8 Å². The van der Waals surface area contributed by atoms with Crippen molar-refractivity contribution in [2.24, 2.45) is 5.92 Å². The molecule has 0 saturated carbocycles. The number of ether oxygens (including phenoxy) is 1. The molecule has 2 atom stereocenters. The van der Waals surface area contributed by atoms with Gasteiger partial charge < -0.3 is 30.4 Å². The topological polar surface area (TPSA) is 159 Å². The first-order valence-corrected chi connectivity index (χ1v) is 10.7. The molecule has 2 rings (SSSR count). The van der Waals surface area contributed by atoms with Crippen LogP contribution in [0, 0.1) is 5.92 Å². The van der Waals surface area contributed by atoms with E-state index in [0.29, 0.717) is 5.39 Å². The molecule has 0 fully saturated rings. The van der Waals surface area contributed by atoms with Crippen LogP contribution in [-0.4, -0.2) is 66.2 Å². The van der Waals surface area contributed by atoms with Crippen LogP contribution in [0.1, 0.15) is 37.0 Å². The van der Waals surface area contributed by atoms with Gasteiger partial charge in [-0.3, -0.25) is 14.4 Å². The van der Waals surface area contributed by atoms with E-state index in [1.165, 1.54) is 13.9 Å². The summed E-state index contributed by atoms with van der Waals surface area (Å²) in [5.74, 6) is -3.82. The van der Waals surface area contributed by atoms with Crippen LogP contribution in [0.3, 0.4) is 0 Å². The Labute approximate surface area is 197 Å². The number of benzene rings is 2. The third-order valence-electron chi connectivity index (χ3n) is 5.00. The molecule has 2 aromatic carbocycles. The van der Waals surface area contributed by atoms with Crippen LogP contribution in [0.15, 0.2) is 36.4 Å². The van der Waals surface area contributed by atoms with Crippen LogP contribution in [0.4, 0.5) is 0 Å². The van der Waals surface area contributed by atoms with Crippen molar-refractivity contribution >= 4 is 48.1 Å². The maximum absolute atomic E-state index is 12.7. The van der Waals surface area contributed by atoms with Gasteiger partial charge in [-0.1, -0.05) is 44.2 Å². The normalized spacial score (nSPS) is 12.6. The molecule has 4 N–H and O–H groups in total. The van der Waals surface area contributed by atoms with Gasteiger partial charge in [-0.05, 0) is 23.8 Å². The van der Waals surface area contributed by atoms with Gasteiger partial charge in [0, 0.05) is 5.39 Å². The van der Waals surface area contributed by atoms with E-state index in [2.05, 4.69) is 10.6 Å². The number of aromatic carboxylic acids is 1. The third-order valence-corrected chi connectivity index (χ3v) is 5.00. The number of aliphatic carboxylic acids is 1. The van der Waals surface area contributed by atoms with Crippen molar-refractivity contribution in [2.75, 3.05) is 6.61 Å². The first kappa shape index (κ1) is 26.4. The summed E-state index contributed by atoms with van der Waals surface area (Å²) in [4.78, 5) is 59.6. The van der Waals surface area contributed by atoms with Crippen LogP contribution in [0.5, 0.6) is 5.75 Å². The van der Waals surface area contributed by atoms with Crippen LogP contribution < -0.4 is 15.4 Å². The van der Waals surface area contributed by atoms with E-state index < -0.39 is 54.5 Å². The SMILES string of the molecule is BC(=O)[C@H](CC(=O)O)NC(=O)[C@H](CC(C)C)NC(=O)COc1c(C(=O)O)ccc2ccccc12. The zero-order valence-corrected chi connectivity index (χ0v) is 19.2. The third kappa shape index (κ3) is 7.33. The standard InChI is InChI=1S/C23H27BN2O8/c1-12(2)9-17(22(31)26-16(21(24)30)10-19(28)29)25-18(27)11-34-20-14-6-4-3-5-13(14)7-8-15(20)23(32)33/h3-8,12,16-17H,9-11,24H2,1-2H3,(H,25,27)(H,26,31)(H,28,29)(H,32,33)/t16-,17-/m0/s1. The average Bonchev–Trinajstić information content (AvgIpc) is 2.75. The quantitative estimate of drug-likeness (QED) is 0.328. The molecule has 0 saturated heterocycles. The molecule has 0 heterocycles. The van der Waals surface area contributed by atoms with Crippen molar-refractivity contribution in [1.82, 2.24) is 10.6 Å². The molecule has 0 bridgehead atoms. The smallest absolute Gasteiger partial charge is 0.339 e. The lowest BCUT2D eigenvalue weighted by Crippen LogP contribution is -2.53. The Hall–Kier alpha value is -3.89. The van der Waals surface area contributed by atoms with Gasteiger partial charge >= 0.3 is 11.9 Å². The Balaban J connectivity index is 2.16. The highest BCUT2D eigenvalue weighted by Crippen LogP contribution is 2.30. The Bertz CT molecular complexity index is 1100. The lowest BCUT2D eigenvalue weighted by atomic mass is 9.92. The molecule has 0 aliphatic rings. The number of hydrogen-bond donors (Lipinski definition) is 4. The molecule has 0 unspecified atom stereocenters. The van der Waals surface area contributed by atoms with Gasteiger partial charge in [-0.2, -0.15) is 0 Å². The monoisotopic (exact) mass is 470 g/mol. The molecule has 0 spiro atoms. The Kier molecular flexibility index (Phi) is 9.17. The van der Waals surface area contributed by atoms with Gasteiger partial charge in [0.05, 0.1) is 12.5 Å². The molecule has 0 radical (unpaired) electrons. The van der Waals surface area contributed by atoms with E-state index in [9.17, 15) is 29.1 Å². The second kappa shape index (κ2) is 11.8. The summed E-state index contributed by atoms with van der Waals surface area (Å²) in [6.07, 6.45) is -0.352. The molecular formula is C23H27BN2O8. The maximum Gasteiger partial charge on any atom is 0.339 e. The van der Waals surface area contributed by atoms with Gasteiger partial charge in [0.1, 0.15) is 23.0 Å². The fourth-order valence-corrected chi connectivity index (χ4v) is 3.39. The number of carbonyl (C=O) groups is 5. The maximum atomic E-state index is 12.7. The van der Waals surface area contributed by atoms with Crippen molar-refractivity contribution in [2.45, 2.75) is 38.8 Å². The van der Waals surface area contributed by atoms with Crippen LogP contribution in [-0.2, 0) is 19.2 Å². The van der Waals surface area contributed by atoms with Crippen molar-refractivity contribution < 1.29 is 38.9 Å². The molecule has 0 aliphatic carbocycles. The predicted octanol–water partition coefficient (Wildman–Crippen LogP) is 0.567. The molecule has 180 valence electrons. The summed E-state index contributed by atoms with van der Waals surface area (Å²) >= 11 is 0. The summed E-state index contributed by atoms with van der Waals surface area (Å²) in [7, 11) is 1.17. The molecule has 34 heavy (non-hydrogen) atoms. The zero-order valence-electron chi connectivity index (χ0n) is 19.2. The summed E-state index contributed by atoms with van der Waals surface area (Å²) < 4.78 is 5.57. The van der Waals surface area contributed by atoms with Gasteiger partial charge in [0.25, 0.3) is 5.91 Å². The summed E-state index contributed by atoms with van der Waals surface area (Å²) in [6, 6.07) is 7.71. The van der Waals surface area contributed by atoms with Gasteiger partial charge in [-0.25, -0.2) is 4.79 Å². The minimum absolute atomic E-state index is 0.0103. The lowest BCUT2D eigenvalue weighted by molar-refractivity contribution is -0.139. The lowest BCUT2D eigenvalue weighted by Gasteiger charge is -2.23. The van der Waals surface area contributed by atoms with E-state index >= 15 is 0 Å². The first-order valence-electron chi connectivity index (χ1n) is 10.7. The largest absolute Gasteiger partial charge is 0.482 e. The highest BCUT2D eigenvalue weighted by Gasteiger charge is 2.27. The molecule has 0 aromatic heterocycles.